The highest BCUT2D eigenvalue weighted by atomic mass is 32.2. The monoisotopic (exact) mass is 308 g/mol. The molecule has 0 amide bonds. The van der Waals surface area contributed by atoms with Crippen molar-refractivity contribution in [2.45, 2.75) is 29.7 Å². The lowest BCUT2D eigenvalue weighted by atomic mass is 9.45. The topological polar surface area (TPSA) is 85.7 Å². The van der Waals surface area contributed by atoms with E-state index >= 15 is 0 Å². The minimum Gasteiger partial charge on any atom is -0.222 e. The third-order valence-corrected chi connectivity index (χ3v) is 6.33. The van der Waals surface area contributed by atoms with Crippen LogP contribution in [0.25, 0.3) is 10.7 Å². The Morgan fingerprint density at radius 1 is 1.15 bits per heavy atom. The summed E-state index contributed by atoms with van der Waals surface area (Å²) in [5, 5.41) is 17.9. The molecule has 2 bridgehead atoms. The van der Waals surface area contributed by atoms with Crippen LogP contribution in [0.2, 0.25) is 0 Å². The van der Waals surface area contributed by atoms with Gasteiger partial charge in [-0.1, -0.05) is 11.3 Å². The van der Waals surface area contributed by atoms with Crippen LogP contribution in [0.15, 0.2) is 17.2 Å². The third-order valence-electron chi connectivity index (χ3n) is 4.16. The molecule has 0 radical (unpaired) electrons. The molecule has 0 aliphatic heterocycles. The molecule has 0 unspecified atom stereocenters. The summed E-state index contributed by atoms with van der Waals surface area (Å²) >= 11 is 1.55. The second-order valence-electron chi connectivity index (χ2n) is 5.70. The maximum atomic E-state index is 11.3. The van der Waals surface area contributed by atoms with Crippen molar-refractivity contribution in [2.24, 2.45) is 5.92 Å². The maximum absolute atomic E-state index is 11.3. The van der Waals surface area contributed by atoms with Crippen molar-refractivity contribution in [3.8, 4) is 10.7 Å². The first-order chi connectivity index (χ1) is 9.46. The normalized spacial score (nSPS) is 27.8. The van der Waals surface area contributed by atoms with Crippen LogP contribution in [0.5, 0.6) is 0 Å². The second kappa shape index (κ2) is 3.82. The van der Waals surface area contributed by atoms with Crippen LogP contribution in [-0.4, -0.2) is 35.1 Å². The lowest BCUT2D eigenvalue weighted by molar-refractivity contribution is -0.0280. The summed E-state index contributed by atoms with van der Waals surface area (Å²) in [4.78, 5) is 0. The molecule has 0 saturated heterocycles. The van der Waals surface area contributed by atoms with Crippen molar-refractivity contribution in [3.63, 3.8) is 0 Å². The van der Waals surface area contributed by atoms with Gasteiger partial charge in [0.25, 0.3) is 0 Å². The Balaban J connectivity index is 1.64. The maximum Gasteiger partial charge on any atom is 0.194 e. The minimum absolute atomic E-state index is 0.0228. The van der Waals surface area contributed by atoms with E-state index in [0.29, 0.717) is 16.1 Å². The lowest BCUT2D eigenvalue weighted by Crippen LogP contribution is -2.55. The number of aromatic nitrogens is 4. The molecular formula is C12H12N4O2S2. The van der Waals surface area contributed by atoms with Gasteiger partial charge in [0.2, 0.25) is 0 Å². The van der Waals surface area contributed by atoms with E-state index in [-0.39, 0.29) is 5.03 Å². The zero-order valence-corrected chi connectivity index (χ0v) is 12.4. The van der Waals surface area contributed by atoms with Crippen LogP contribution < -0.4 is 0 Å². The van der Waals surface area contributed by atoms with E-state index in [1.807, 2.05) is 0 Å². The highest BCUT2D eigenvalue weighted by Crippen LogP contribution is 2.65. The van der Waals surface area contributed by atoms with Crippen LogP contribution in [0, 0.1) is 5.92 Å². The van der Waals surface area contributed by atoms with Gasteiger partial charge in [-0.05, 0) is 37.3 Å². The largest absolute Gasteiger partial charge is 0.222 e. The number of sulfone groups is 1. The van der Waals surface area contributed by atoms with Crippen LogP contribution in [0.3, 0.4) is 0 Å². The van der Waals surface area contributed by atoms with Gasteiger partial charge < -0.3 is 0 Å². The second-order valence-corrected chi connectivity index (χ2v) is 8.64. The molecule has 3 saturated carbocycles. The first kappa shape index (κ1) is 12.3. The molecular weight excluding hydrogens is 296 g/mol. The summed E-state index contributed by atoms with van der Waals surface area (Å²) in [5.74, 6) is 0.899. The van der Waals surface area contributed by atoms with E-state index in [0.717, 1.165) is 17.2 Å². The van der Waals surface area contributed by atoms with Crippen molar-refractivity contribution in [1.29, 1.82) is 0 Å². The Kier molecular flexibility index (Phi) is 2.36. The fourth-order valence-corrected chi connectivity index (χ4v) is 4.44. The van der Waals surface area contributed by atoms with E-state index in [1.165, 1.54) is 25.3 Å². The number of hydrogen-bond acceptors (Lipinski definition) is 7. The van der Waals surface area contributed by atoms with E-state index in [1.54, 1.807) is 17.4 Å². The van der Waals surface area contributed by atoms with Crippen molar-refractivity contribution in [1.82, 2.24) is 20.4 Å². The van der Waals surface area contributed by atoms with Gasteiger partial charge in [0.05, 0.1) is 0 Å². The quantitative estimate of drug-likeness (QED) is 0.853. The zero-order chi connectivity index (χ0) is 14.0. The molecule has 0 N–H and O–H groups in total. The highest BCUT2D eigenvalue weighted by molar-refractivity contribution is 7.90. The van der Waals surface area contributed by atoms with Crippen molar-refractivity contribution in [2.75, 3.05) is 6.26 Å². The molecule has 0 spiro atoms. The fraction of sp³-hybridized carbons (Fsp3) is 0.500. The average molecular weight is 308 g/mol. The standard InChI is InChI=1S/C12H12N4O2S2/c1-20(17,18)9-3-2-8(13-14-9)10-15-16-11(19-10)12-4-7(5-12)6-12/h2-3,7H,4-6H2,1H3. The van der Waals surface area contributed by atoms with Crippen molar-refractivity contribution < 1.29 is 8.42 Å². The summed E-state index contributed by atoms with van der Waals surface area (Å²) < 4.78 is 22.7. The average Bonchev–Trinajstić information content (AvgIpc) is 2.73. The van der Waals surface area contributed by atoms with E-state index in [4.69, 9.17) is 0 Å². The number of nitrogens with zero attached hydrogens (tertiary/aromatic N) is 4. The first-order valence-electron chi connectivity index (χ1n) is 6.34. The van der Waals surface area contributed by atoms with Gasteiger partial charge in [-0.3, -0.25) is 0 Å². The molecule has 104 valence electrons. The first-order valence-corrected chi connectivity index (χ1v) is 9.05. The SMILES string of the molecule is CS(=O)(=O)c1ccc(-c2nnc(C34CC(C3)C4)s2)nn1. The van der Waals surface area contributed by atoms with Gasteiger partial charge in [0.15, 0.2) is 19.9 Å². The van der Waals surface area contributed by atoms with Gasteiger partial charge in [0, 0.05) is 11.7 Å². The zero-order valence-electron chi connectivity index (χ0n) is 10.8. The molecule has 8 heteroatoms. The van der Waals surface area contributed by atoms with Gasteiger partial charge in [-0.15, -0.1) is 20.4 Å². The summed E-state index contributed by atoms with van der Waals surface area (Å²) in [5.41, 5.74) is 0.869. The molecule has 3 aliphatic rings. The third kappa shape index (κ3) is 1.71. The van der Waals surface area contributed by atoms with E-state index in [9.17, 15) is 8.42 Å². The number of hydrogen-bond donors (Lipinski definition) is 0. The minimum atomic E-state index is -3.31. The van der Waals surface area contributed by atoms with Gasteiger partial charge in [0.1, 0.15) is 10.7 Å². The Morgan fingerprint density at radius 3 is 2.40 bits per heavy atom. The molecule has 0 aromatic carbocycles. The van der Waals surface area contributed by atoms with E-state index in [2.05, 4.69) is 20.4 Å². The Morgan fingerprint density at radius 2 is 1.90 bits per heavy atom. The van der Waals surface area contributed by atoms with Crippen LogP contribution in [-0.2, 0) is 15.3 Å². The predicted octanol–water partition coefficient (Wildman–Crippen LogP) is 1.45. The predicted molar refractivity (Wildman–Crippen MR) is 73.1 cm³/mol. The van der Waals surface area contributed by atoms with E-state index < -0.39 is 9.84 Å². The molecule has 2 aromatic heterocycles. The van der Waals surface area contributed by atoms with Gasteiger partial charge in [-0.25, -0.2) is 8.42 Å². The fourth-order valence-electron chi connectivity index (χ4n) is 2.91. The molecule has 6 nitrogen and oxygen atoms in total. The molecule has 3 fully saturated rings. The molecule has 3 aliphatic carbocycles. The molecule has 0 atom stereocenters. The summed E-state index contributed by atoms with van der Waals surface area (Å²) in [6.45, 7) is 0. The van der Waals surface area contributed by atoms with Crippen molar-refractivity contribution in [3.05, 3.63) is 17.1 Å². The van der Waals surface area contributed by atoms with Gasteiger partial charge >= 0.3 is 0 Å². The van der Waals surface area contributed by atoms with Crippen molar-refractivity contribution >= 4 is 21.2 Å². The summed E-state index contributed by atoms with van der Waals surface area (Å²) in [7, 11) is -3.31. The Bertz CT molecular complexity index is 765. The van der Waals surface area contributed by atoms with Crippen LogP contribution in [0.4, 0.5) is 0 Å². The number of rotatable bonds is 3. The smallest absolute Gasteiger partial charge is 0.194 e. The lowest BCUT2D eigenvalue weighted by Gasteiger charge is -2.60. The van der Waals surface area contributed by atoms with Crippen LogP contribution in [0.1, 0.15) is 24.3 Å². The molecule has 5 rings (SSSR count). The molecule has 2 aromatic rings. The Hall–Kier alpha value is -1.41. The summed E-state index contributed by atoms with van der Waals surface area (Å²) in [6.07, 6.45) is 4.82. The molecule has 2 heterocycles. The van der Waals surface area contributed by atoms with Crippen LogP contribution >= 0.6 is 11.3 Å². The molecule has 20 heavy (non-hydrogen) atoms. The summed E-state index contributed by atoms with van der Waals surface area (Å²) in [6, 6.07) is 3.09. The highest BCUT2D eigenvalue weighted by Gasteiger charge is 2.59. The van der Waals surface area contributed by atoms with Gasteiger partial charge in [-0.2, -0.15) is 0 Å². The Labute approximate surface area is 120 Å².